The topological polar surface area (TPSA) is 72.1 Å². The van der Waals surface area contributed by atoms with Gasteiger partial charge in [-0.2, -0.15) is 4.39 Å². The number of nitrogens with zero attached hydrogens (tertiary/aromatic N) is 3. The van der Waals surface area contributed by atoms with Gasteiger partial charge in [0.05, 0.1) is 0 Å². The van der Waals surface area contributed by atoms with Crippen molar-refractivity contribution in [1.29, 1.82) is 0 Å². The summed E-state index contributed by atoms with van der Waals surface area (Å²) in [5.41, 5.74) is 5.55. The number of nitrogens with two attached hydrogens (primary N) is 1. The largest absolute Gasteiger partial charge is 0.368 e. The first kappa shape index (κ1) is 9.82. The minimum Gasteiger partial charge on any atom is -0.368 e. The van der Waals surface area contributed by atoms with Gasteiger partial charge in [-0.25, -0.2) is 9.97 Å². The summed E-state index contributed by atoms with van der Waals surface area (Å²) in [5.74, 6) is -0.507. The normalized spacial score (nSPS) is 19.9. The fourth-order valence-corrected chi connectivity index (χ4v) is 1.65. The van der Waals surface area contributed by atoms with E-state index >= 15 is 0 Å². The molecule has 1 atom stereocenters. The highest BCUT2D eigenvalue weighted by Gasteiger charge is 2.34. The van der Waals surface area contributed by atoms with E-state index in [0.29, 0.717) is 24.3 Å². The number of aromatic nitrogens is 2. The van der Waals surface area contributed by atoms with Crippen molar-refractivity contribution in [2.75, 3.05) is 11.4 Å². The van der Waals surface area contributed by atoms with Gasteiger partial charge in [0, 0.05) is 12.1 Å². The third-order valence-electron chi connectivity index (χ3n) is 2.62. The molecule has 0 spiro atoms. The molecular weight excluding hydrogens is 199 g/mol. The van der Waals surface area contributed by atoms with Gasteiger partial charge >= 0.3 is 0 Å². The molecule has 0 saturated carbocycles. The first-order valence-electron chi connectivity index (χ1n) is 4.64. The molecule has 80 valence electrons. The Morgan fingerprint density at radius 1 is 1.67 bits per heavy atom. The van der Waals surface area contributed by atoms with Crippen molar-refractivity contribution in [3.05, 3.63) is 17.8 Å². The van der Waals surface area contributed by atoms with E-state index in [1.165, 1.54) is 0 Å². The second-order valence-corrected chi connectivity index (χ2v) is 3.51. The van der Waals surface area contributed by atoms with Gasteiger partial charge in [-0.1, -0.05) is 0 Å². The molecular formula is C9H11FN4O. The Kier molecular flexibility index (Phi) is 2.26. The number of primary amides is 1. The summed E-state index contributed by atoms with van der Waals surface area (Å²) in [6.45, 7) is 2.26. The van der Waals surface area contributed by atoms with Gasteiger partial charge in [0.25, 0.3) is 0 Å². The Balaban J connectivity index is 2.31. The van der Waals surface area contributed by atoms with Gasteiger partial charge in [0.15, 0.2) is 0 Å². The summed E-state index contributed by atoms with van der Waals surface area (Å²) in [6.07, 6.45) is 1.84. The van der Waals surface area contributed by atoms with Crippen molar-refractivity contribution < 1.29 is 9.18 Å². The summed E-state index contributed by atoms with van der Waals surface area (Å²) in [5, 5.41) is 0. The van der Waals surface area contributed by atoms with Crippen molar-refractivity contribution in [1.82, 2.24) is 9.97 Å². The van der Waals surface area contributed by atoms with Gasteiger partial charge in [-0.3, -0.25) is 4.79 Å². The average Bonchev–Trinajstić information content (AvgIpc) is 2.10. The van der Waals surface area contributed by atoms with Crippen LogP contribution in [-0.2, 0) is 4.79 Å². The molecule has 5 nitrogen and oxygen atoms in total. The lowest BCUT2D eigenvalue weighted by Gasteiger charge is -2.40. The van der Waals surface area contributed by atoms with Crippen LogP contribution in [0.1, 0.15) is 12.0 Å². The molecule has 1 unspecified atom stereocenters. The van der Waals surface area contributed by atoms with Crippen LogP contribution in [0.4, 0.5) is 10.2 Å². The van der Waals surface area contributed by atoms with Crippen molar-refractivity contribution in [3.63, 3.8) is 0 Å². The summed E-state index contributed by atoms with van der Waals surface area (Å²) in [6, 6.07) is -0.363. The highest BCUT2D eigenvalue weighted by atomic mass is 19.1. The van der Waals surface area contributed by atoms with Crippen LogP contribution in [0.25, 0.3) is 0 Å². The van der Waals surface area contributed by atoms with E-state index in [0.717, 1.165) is 6.33 Å². The Morgan fingerprint density at radius 2 is 2.40 bits per heavy atom. The Labute approximate surface area is 86.1 Å². The Hall–Kier alpha value is -1.72. The summed E-state index contributed by atoms with van der Waals surface area (Å²) >= 11 is 0. The number of hydrogen-bond acceptors (Lipinski definition) is 4. The van der Waals surface area contributed by atoms with Crippen molar-refractivity contribution in [3.8, 4) is 0 Å². The molecule has 1 aliphatic rings. The highest BCUT2D eigenvalue weighted by molar-refractivity contribution is 5.85. The first-order chi connectivity index (χ1) is 7.11. The van der Waals surface area contributed by atoms with Crippen LogP contribution >= 0.6 is 0 Å². The van der Waals surface area contributed by atoms with E-state index in [4.69, 9.17) is 5.73 Å². The van der Waals surface area contributed by atoms with E-state index in [9.17, 15) is 9.18 Å². The van der Waals surface area contributed by atoms with E-state index in [1.807, 2.05) is 0 Å². The monoisotopic (exact) mass is 210 g/mol. The smallest absolute Gasteiger partial charge is 0.240 e. The lowest BCUT2D eigenvalue weighted by molar-refractivity contribution is -0.120. The van der Waals surface area contributed by atoms with Crippen LogP contribution in [0.5, 0.6) is 0 Å². The zero-order chi connectivity index (χ0) is 11.0. The minimum absolute atomic E-state index is 0.350. The molecule has 0 radical (unpaired) electrons. The van der Waals surface area contributed by atoms with E-state index in [1.54, 1.807) is 11.8 Å². The lowest BCUT2D eigenvalue weighted by atomic mass is 10.0. The fraction of sp³-hybridized carbons (Fsp3) is 0.444. The quantitative estimate of drug-likeness (QED) is 0.697. The van der Waals surface area contributed by atoms with Crippen LogP contribution in [0.2, 0.25) is 0 Å². The molecule has 1 saturated heterocycles. The van der Waals surface area contributed by atoms with Crippen LogP contribution in [-0.4, -0.2) is 28.5 Å². The van der Waals surface area contributed by atoms with Gasteiger partial charge in [-0.05, 0) is 13.3 Å². The summed E-state index contributed by atoms with van der Waals surface area (Å²) < 4.78 is 13.1. The predicted molar refractivity (Wildman–Crippen MR) is 51.7 cm³/mol. The maximum absolute atomic E-state index is 13.1. The third kappa shape index (κ3) is 1.51. The minimum atomic E-state index is -0.560. The van der Waals surface area contributed by atoms with Crippen LogP contribution in [0, 0.1) is 12.9 Å². The standard InChI is InChI=1S/C9H11FN4O/c1-5-7(10)12-4-13-9(5)14-3-2-6(14)8(11)15/h4,6H,2-3H2,1H3,(H2,11,15). The van der Waals surface area contributed by atoms with Crippen LogP contribution in [0.3, 0.4) is 0 Å². The molecule has 1 aromatic heterocycles. The van der Waals surface area contributed by atoms with E-state index in [2.05, 4.69) is 9.97 Å². The van der Waals surface area contributed by atoms with Gasteiger partial charge in [0.1, 0.15) is 18.2 Å². The molecule has 15 heavy (non-hydrogen) atoms. The number of carbonyl (C=O) groups is 1. The molecule has 1 aromatic rings. The van der Waals surface area contributed by atoms with Gasteiger partial charge < -0.3 is 10.6 Å². The zero-order valence-electron chi connectivity index (χ0n) is 8.27. The highest BCUT2D eigenvalue weighted by Crippen LogP contribution is 2.27. The third-order valence-corrected chi connectivity index (χ3v) is 2.62. The molecule has 2 heterocycles. The zero-order valence-corrected chi connectivity index (χ0v) is 8.27. The maximum Gasteiger partial charge on any atom is 0.240 e. The molecule has 1 amide bonds. The van der Waals surface area contributed by atoms with Crippen molar-refractivity contribution >= 4 is 11.7 Å². The number of amides is 1. The SMILES string of the molecule is Cc1c(F)ncnc1N1CCC1C(N)=O. The number of halogens is 1. The number of hydrogen-bond donors (Lipinski definition) is 1. The Bertz CT molecular complexity index is 409. The summed E-state index contributed by atoms with van der Waals surface area (Å²) in [7, 11) is 0. The van der Waals surface area contributed by atoms with Crippen molar-refractivity contribution in [2.24, 2.45) is 5.73 Å². The molecule has 0 aromatic carbocycles. The molecule has 1 fully saturated rings. The van der Waals surface area contributed by atoms with E-state index < -0.39 is 11.9 Å². The molecule has 0 bridgehead atoms. The number of rotatable bonds is 2. The van der Waals surface area contributed by atoms with Gasteiger partial charge in [0.2, 0.25) is 11.9 Å². The maximum atomic E-state index is 13.1. The van der Waals surface area contributed by atoms with Crippen molar-refractivity contribution in [2.45, 2.75) is 19.4 Å². The molecule has 1 aliphatic heterocycles. The Morgan fingerprint density at radius 3 is 2.93 bits per heavy atom. The lowest BCUT2D eigenvalue weighted by Crippen LogP contribution is -2.55. The molecule has 2 N–H and O–H groups in total. The molecule has 0 aliphatic carbocycles. The first-order valence-corrected chi connectivity index (χ1v) is 4.64. The fourth-order valence-electron chi connectivity index (χ4n) is 1.65. The number of carbonyl (C=O) groups excluding carboxylic acids is 1. The summed E-state index contributed by atoms with van der Waals surface area (Å²) in [4.78, 5) is 20.1. The second-order valence-electron chi connectivity index (χ2n) is 3.51. The predicted octanol–water partition coefficient (Wildman–Crippen LogP) is -0.0119. The van der Waals surface area contributed by atoms with Gasteiger partial charge in [-0.15, -0.1) is 0 Å². The van der Waals surface area contributed by atoms with E-state index in [-0.39, 0.29) is 6.04 Å². The van der Waals surface area contributed by atoms with Crippen LogP contribution < -0.4 is 10.6 Å². The molecule has 2 rings (SSSR count). The second kappa shape index (κ2) is 3.45. The molecule has 6 heteroatoms. The van der Waals surface area contributed by atoms with Crippen LogP contribution in [0.15, 0.2) is 6.33 Å². The number of anilines is 1. The average molecular weight is 210 g/mol.